The maximum atomic E-state index is 12.1. The Balaban J connectivity index is 2.89. The van der Waals surface area contributed by atoms with Crippen LogP contribution in [0.1, 0.15) is 27.9 Å². The van der Waals surface area contributed by atoms with Crippen LogP contribution in [0.2, 0.25) is 0 Å². The molecule has 0 aliphatic heterocycles. The second-order valence-corrected chi connectivity index (χ2v) is 4.12. The summed E-state index contributed by atoms with van der Waals surface area (Å²) < 4.78 is 0. The van der Waals surface area contributed by atoms with Crippen molar-refractivity contribution >= 4 is 5.91 Å². The summed E-state index contributed by atoms with van der Waals surface area (Å²) in [7, 11) is 1.68. The van der Waals surface area contributed by atoms with Crippen molar-refractivity contribution in [2.24, 2.45) is 0 Å². The first kappa shape index (κ1) is 14.8. The van der Waals surface area contributed by atoms with Crippen molar-refractivity contribution in [3.05, 3.63) is 34.9 Å². The summed E-state index contributed by atoms with van der Waals surface area (Å²) in [5.41, 5.74) is 2.26. The molecule has 0 saturated heterocycles. The molecule has 0 aliphatic rings. The number of hydrogen-bond acceptors (Lipinski definition) is 3. The molecule has 0 fully saturated rings. The number of aryl methyl sites for hydroxylation is 1. The van der Waals surface area contributed by atoms with Gasteiger partial charge in [-0.05, 0) is 30.7 Å². The highest BCUT2D eigenvalue weighted by atomic mass is 16.2. The molecule has 98 valence electrons. The molecule has 1 aromatic rings. The number of amides is 1. The number of hydrogen-bond donors (Lipinski definition) is 1. The average molecular weight is 256 g/mol. The van der Waals surface area contributed by atoms with E-state index in [1.165, 1.54) is 4.90 Å². The topological polar surface area (TPSA) is 64.3 Å². The molecule has 1 amide bonds. The molecule has 0 saturated carbocycles. The number of benzene rings is 1. The molecule has 1 rings (SSSR count). The third-order valence-corrected chi connectivity index (χ3v) is 2.68. The normalized spacial score (nSPS) is 9.16. The molecule has 1 aromatic carbocycles. The van der Waals surface area contributed by atoms with Crippen molar-refractivity contribution in [1.82, 2.24) is 4.90 Å². The van der Waals surface area contributed by atoms with Crippen molar-refractivity contribution in [2.45, 2.75) is 13.3 Å². The number of aliphatic hydroxyl groups excluding tert-OH is 1. The fourth-order valence-electron chi connectivity index (χ4n) is 1.61. The van der Waals surface area contributed by atoms with Crippen LogP contribution < -0.4 is 0 Å². The first-order chi connectivity index (χ1) is 9.10. The molecule has 1 N–H and O–H groups in total. The van der Waals surface area contributed by atoms with E-state index in [0.29, 0.717) is 18.5 Å². The van der Waals surface area contributed by atoms with Gasteiger partial charge in [-0.15, -0.1) is 0 Å². The third kappa shape index (κ3) is 4.13. The molecule has 4 heteroatoms. The predicted octanol–water partition coefficient (Wildman–Crippen LogP) is 1.32. The highest BCUT2D eigenvalue weighted by molar-refractivity contribution is 5.94. The van der Waals surface area contributed by atoms with Gasteiger partial charge >= 0.3 is 0 Å². The van der Waals surface area contributed by atoms with E-state index in [2.05, 4.69) is 11.8 Å². The molecule has 0 spiro atoms. The van der Waals surface area contributed by atoms with Gasteiger partial charge in [0, 0.05) is 24.7 Å². The van der Waals surface area contributed by atoms with E-state index in [-0.39, 0.29) is 12.5 Å². The van der Waals surface area contributed by atoms with Gasteiger partial charge in [0.2, 0.25) is 0 Å². The van der Waals surface area contributed by atoms with Gasteiger partial charge in [-0.25, -0.2) is 0 Å². The first-order valence-electron chi connectivity index (χ1n) is 5.93. The van der Waals surface area contributed by atoms with Crippen LogP contribution in [0.25, 0.3) is 0 Å². The van der Waals surface area contributed by atoms with E-state index < -0.39 is 0 Å². The Morgan fingerprint density at radius 3 is 2.79 bits per heavy atom. The van der Waals surface area contributed by atoms with Crippen LogP contribution in [0, 0.1) is 30.1 Å². The zero-order valence-electron chi connectivity index (χ0n) is 11.1. The maximum absolute atomic E-state index is 12.1. The lowest BCUT2D eigenvalue weighted by Gasteiger charge is -2.15. The van der Waals surface area contributed by atoms with Gasteiger partial charge in [-0.2, -0.15) is 5.26 Å². The monoisotopic (exact) mass is 256 g/mol. The van der Waals surface area contributed by atoms with Gasteiger partial charge < -0.3 is 10.0 Å². The molecule has 0 unspecified atom stereocenters. The van der Waals surface area contributed by atoms with E-state index >= 15 is 0 Å². The number of carbonyl (C=O) groups excluding carboxylic acids is 1. The van der Waals surface area contributed by atoms with Crippen LogP contribution in [-0.4, -0.2) is 36.1 Å². The van der Waals surface area contributed by atoms with E-state index in [1.807, 2.05) is 13.0 Å². The van der Waals surface area contributed by atoms with E-state index in [1.54, 1.807) is 25.2 Å². The summed E-state index contributed by atoms with van der Waals surface area (Å²) in [6.45, 7) is 2.10. The van der Waals surface area contributed by atoms with Crippen LogP contribution in [0.4, 0.5) is 0 Å². The lowest BCUT2D eigenvalue weighted by atomic mass is 10.0. The quantitative estimate of drug-likeness (QED) is 0.830. The Morgan fingerprint density at radius 2 is 2.21 bits per heavy atom. The second-order valence-electron chi connectivity index (χ2n) is 4.12. The summed E-state index contributed by atoms with van der Waals surface area (Å²) in [5.74, 6) is 5.29. The lowest BCUT2D eigenvalue weighted by Crippen LogP contribution is -2.27. The zero-order chi connectivity index (χ0) is 14.3. The second kappa shape index (κ2) is 7.20. The van der Waals surface area contributed by atoms with Gasteiger partial charge in [0.25, 0.3) is 5.91 Å². The average Bonchev–Trinajstić information content (AvgIpc) is 2.42. The number of rotatable bonds is 3. The Kier molecular flexibility index (Phi) is 5.60. The SMILES string of the molecule is Cc1cc(C(=O)N(C)CCC#N)ccc1C#CCO. The summed E-state index contributed by atoms with van der Waals surface area (Å²) in [5, 5.41) is 17.2. The molecular formula is C15H16N2O2. The van der Waals surface area contributed by atoms with Gasteiger partial charge in [-0.1, -0.05) is 11.8 Å². The van der Waals surface area contributed by atoms with E-state index in [9.17, 15) is 4.79 Å². The Hall–Kier alpha value is -2.30. The van der Waals surface area contributed by atoms with Crippen molar-refractivity contribution in [2.75, 3.05) is 20.2 Å². The third-order valence-electron chi connectivity index (χ3n) is 2.68. The van der Waals surface area contributed by atoms with Gasteiger partial charge in [0.1, 0.15) is 6.61 Å². The van der Waals surface area contributed by atoms with Crippen LogP contribution in [0.5, 0.6) is 0 Å². The molecule has 0 bridgehead atoms. The lowest BCUT2D eigenvalue weighted by molar-refractivity contribution is 0.0798. The zero-order valence-corrected chi connectivity index (χ0v) is 11.1. The fourth-order valence-corrected chi connectivity index (χ4v) is 1.61. The number of nitrogens with zero attached hydrogens (tertiary/aromatic N) is 2. The Bertz CT molecular complexity index is 562. The summed E-state index contributed by atoms with van der Waals surface area (Å²) in [6, 6.07) is 7.26. The highest BCUT2D eigenvalue weighted by Crippen LogP contribution is 2.12. The minimum Gasteiger partial charge on any atom is -0.384 e. The van der Waals surface area contributed by atoms with Gasteiger partial charge in [-0.3, -0.25) is 4.79 Å². The molecule has 19 heavy (non-hydrogen) atoms. The van der Waals surface area contributed by atoms with Gasteiger partial charge in [0.15, 0.2) is 0 Å². The minimum absolute atomic E-state index is 0.111. The highest BCUT2D eigenvalue weighted by Gasteiger charge is 2.11. The summed E-state index contributed by atoms with van der Waals surface area (Å²) in [4.78, 5) is 13.6. The van der Waals surface area contributed by atoms with Gasteiger partial charge in [0.05, 0.1) is 12.5 Å². The van der Waals surface area contributed by atoms with Crippen LogP contribution >= 0.6 is 0 Å². The van der Waals surface area contributed by atoms with Crippen molar-refractivity contribution in [3.63, 3.8) is 0 Å². The summed E-state index contributed by atoms with van der Waals surface area (Å²) >= 11 is 0. The van der Waals surface area contributed by atoms with Crippen molar-refractivity contribution < 1.29 is 9.90 Å². The predicted molar refractivity (Wildman–Crippen MR) is 72.3 cm³/mol. The number of aliphatic hydroxyl groups is 1. The smallest absolute Gasteiger partial charge is 0.253 e. The molecular weight excluding hydrogens is 240 g/mol. The van der Waals surface area contributed by atoms with Crippen molar-refractivity contribution in [3.8, 4) is 17.9 Å². The van der Waals surface area contributed by atoms with Crippen LogP contribution in [0.3, 0.4) is 0 Å². The number of nitriles is 1. The summed E-state index contributed by atoms with van der Waals surface area (Å²) in [6.07, 6.45) is 0.321. The largest absolute Gasteiger partial charge is 0.384 e. The molecule has 4 nitrogen and oxygen atoms in total. The van der Waals surface area contributed by atoms with E-state index in [4.69, 9.17) is 10.4 Å². The molecule has 0 atom stereocenters. The molecule has 0 aliphatic carbocycles. The van der Waals surface area contributed by atoms with Crippen LogP contribution in [-0.2, 0) is 0 Å². The van der Waals surface area contributed by atoms with Crippen LogP contribution in [0.15, 0.2) is 18.2 Å². The first-order valence-corrected chi connectivity index (χ1v) is 5.93. The maximum Gasteiger partial charge on any atom is 0.253 e. The molecule has 0 radical (unpaired) electrons. The molecule has 0 heterocycles. The minimum atomic E-state index is -0.184. The Labute approximate surface area is 113 Å². The fraction of sp³-hybridized carbons (Fsp3) is 0.333. The van der Waals surface area contributed by atoms with Crippen molar-refractivity contribution in [1.29, 1.82) is 5.26 Å². The molecule has 0 aromatic heterocycles. The number of carbonyl (C=O) groups is 1. The Morgan fingerprint density at radius 1 is 1.47 bits per heavy atom. The standard InChI is InChI=1S/C15H16N2O2/c1-12-11-14(7-6-13(12)5-3-10-18)15(19)17(2)9-4-8-16/h6-7,11,18H,4,9-10H2,1-2H3. The van der Waals surface area contributed by atoms with E-state index in [0.717, 1.165) is 11.1 Å².